The second-order valence-electron chi connectivity index (χ2n) is 4.68. The molecule has 3 nitrogen and oxygen atoms in total. The molecular weight excluding hydrogens is 297 g/mol. The molecule has 0 atom stereocenters. The van der Waals surface area contributed by atoms with Crippen molar-refractivity contribution >= 4 is 23.7 Å². The van der Waals surface area contributed by atoms with Gasteiger partial charge in [-0.15, -0.1) is 23.7 Å². The summed E-state index contributed by atoms with van der Waals surface area (Å²) >= 11 is 1.62. The van der Waals surface area contributed by atoms with E-state index in [-0.39, 0.29) is 18.2 Å². The SMILES string of the molecule is Cl.Fc1ccc(-c2nc(CN3CCNCC3)cs2)cc1. The van der Waals surface area contributed by atoms with Crippen LogP contribution in [-0.2, 0) is 6.54 Å². The summed E-state index contributed by atoms with van der Waals surface area (Å²) in [5.74, 6) is -0.207. The molecule has 0 aliphatic carbocycles. The molecule has 1 saturated heterocycles. The van der Waals surface area contributed by atoms with Crippen molar-refractivity contribution in [3.63, 3.8) is 0 Å². The second kappa shape index (κ2) is 7.13. The first-order valence-electron chi connectivity index (χ1n) is 6.45. The summed E-state index contributed by atoms with van der Waals surface area (Å²) in [6.45, 7) is 5.15. The van der Waals surface area contributed by atoms with Gasteiger partial charge in [0.15, 0.2) is 0 Å². The van der Waals surface area contributed by atoms with Crippen LogP contribution in [0.3, 0.4) is 0 Å². The second-order valence-corrected chi connectivity index (χ2v) is 5.54. The van der Waals surface area contributed by atoms with Gasteiger partial charge in [-0.1, -0.05) is 0 Å². The first kappa shape index (κ1) is 15.4. The summed E-state index contributed by atoms with van der Waals surface area (Å²) in [4.78, 5) is 7.04. The van der Waals surface area contributed by atoms with E-state index in [0.717, 1.165) is 49.0 Å². The molecule has 2 aromatic rings. The summed E-state index contributed by atoms with van der Waals surface area (Å²) in [5, 5.41) is 6.40. The number of halogens is 2. The fraction of sp³-hybridized carbons (Fsp3) is 0.357. The van der Waals surface area contributed by atoms with Crippen molar-refractivity contribution < 1.29 is 4.39 Å². The summed E-state index contributed by atoms with van der Waals surface area (Å²) in [5.41, 5.74) is 2.09. The van der Waals surface area contributed by atoms with E-state index >= 15 is 0 Å². The molecule has 0 bridgehead atoms. The number of benzene rings is 1. The summed E-state index contributed by atoms with van der Waals surface area (Å²) in [6, 6.07) is 6.52. The molecule has 20 heavy (non-hydrogen) atoms. The number of aromatic nitrogens is 1. The van der Waals surface area contributed by atoms with E-state index in [1.165, 1.54) is 12.1 Å². The zero-order chi connectivity index (χ0) is 13.1. The van der Waals surface area contributed by atoms with Crippen molar-refractivity contribution in [3.05, 3.63) is 41.2 Å². The van der Waals surface area contributed by atoms with Gasteiger partial charge in [-0.05, 0) is 24.3 Å². The minimum Gasteiger partial charge on any atom is -0.314 e. The van der Waals surface area contributed by atoms with Crippen LogP contribution < -0.4 is 5.32 Å². The first-order valence-corrected chi connectivity index (χ1v) is 7.33. The van der Waals surface area contributed by atoms with Crippen LogP contribution in [0.5, 0.6) is 0 Å². The van der Waals surface area contributed by atoms with Crippen LogP contribution in [0.2, 0.25) is 0 Å². The van der Waals surface area contributed by atoms with Crippen LogP contribution in [0.15, 0.2) is 29.6 Å². The highest BCUT2D eigenvalue weighted by Gasteiger charge is 2.12. The monoisotopic (exact) mass is 313 g/mol. The summed E-state index contributed by atoms with van der Waals surface area (Å²) < 4.78 is 12.9. The summed E-state index contributed by atoms with van der Waals surface area (Å²) in [7, 11) is 0. The third-order valence-corrected chi connectivity index (χ3v) is 4.18. The van der Waals surface area contributed by atoms with Gasteiger partial charge in [-0.25, -0.2) is 9.37 Å². The van der Waals surface area contributed by atoms with E-state index in [2.05, 4.69) is 20.6 Å². The molecule has 6 heteroatoms. The topological polar surface area (TPSA) is 28.2 Å². The lowest BCUT2D eigenvalue weighted by molar-refractivity contribution is 0.231. The van der Waals surface area contributed by atoms with Crippen molar-refractivity contribution in [3.8, 4) is 10.6 Å². The molecule has 3 rings (SSSR count). The molecule has 0 spiro atoms. The molecule has 1 N–H and O–H groups in total. The highest BCUT2D eigenvalue weighted by Crippen LogP contribution is 2.24. The van der Waals surface area contributed by atoms with Crippen LogP contribution in [0.25, 0.3) is 10.6 Å². The number of hydrogen-bond acceptors (Lipinski definition) is 4. The Morgan fingerprint density at radius 2 is 1.90 bits per heavy atom. The van der Waals surface area contributed by atoms with Crippen molar-refractivity contribution in [2.75, 3.05) is 26.2 Å². The number of hydrogen-bond donors (Lipinski definition) is 1. The van der Waals surface area contributed by atoms with Crippen molar-refractivity contribution in [1.29, 1.82) is 0 Å². The van der Waals surface area contributed by atoms with Crippen molar-refractivity contribution in [2.45, 2.75) is 6.54 Å². The molecule has 1 aliphatic heterocycles. The Kier molecular flexibility index (Phi) is 5.48. The molecule has 1 aliphatic rings. The Morgan fingerprint density at radius 1 is 1.20 bits per heavy atom. The third-order valence-electron chi connectivity index (χ3n) is 3.24. The van der Waals surface area contributed by atoms with Crippen LogP contribution in [0.4, 0.5) is 4.39 Å². The molecule has 0 radical (unpaired) electrons. The van der Waals surface area contributed by atoms with E-state index in [4.69, 9.17) is 0 Å². The lowest BCUT2D eigenvalue weighted by Gasteiger charge is -2.26. The van der Waals surface area contributed by atoms with Crippen LogP contribution in [0.1, 0.15) is 5.69 Å². The number of thiazole rings is 1. The van der Waals surface area contributed by atoms with Crippen LogP contribution in [-0.4, -0.2) is 36.1 Å². The van der Waals surface area contributed by atoms with Gasteiger partial charge in [0.25, 0.3) is 0 Å². The smallest absolute Gasteiger partial charge is 0.123 e. The Labute approximate surface area is 128 Å². The van der Waals surface area contributed by atoms with Crippen molar-refractivity contribution in [1.82, 2.24) is 15.2 Å². The van der Waals surface area contributed by atoms with E-state index in [1.807, 2.05) is 0 Å². The van der Waals surface area contributed by atoms with Crippen molar-refractivity contribution in [2.24, 2.45) is 0 Å². The maximum Gasteiger partial charge on any atom is 0.123 e. The molecular formula is C14H17ClFN3S. The van der Waals surface area contributed by atoms with Crippen LogP contribution >= 0.6 is 23.7 Å². The van der Waals surface area contributed by atoms with Gasteiger partial charge >= 0.3 is 0 Å². The first-order chi connectivity index (χ1) is 9.31. The minimum atomic E-state index is -0.207. The Morgan fingerprint density at radius 3 is 2.60 bits per heavy atom. The third kappa shape index (κ3) is 3.76. The fourth-order valence-corrected chi connectivity index (χ4v) is 3.02. The van der Waals surface area contributed by atoms with Gasteiger partial charge in [-0.3, -0.25) is 4.90 Å². The molecule has 0 saturated carbocycles. The zero-order valence-electron chi connectivity index (χ0n) is 11.0. The van der Waals surface area contributed by atoms with Gasteiger partial charge in [-0.2, -0.15) is 0 Å². The van der Waals surface area contributed by atoms with E-state index < -0.39 is 0 Å². The number of nitrogens with one attached hydrogen (secondary N) is 1. The number of rotatable bonds is 3. The molecule has 0 unspecified atom stereocenters. The minimum absolute atomic E-state index is 0. The average molecular weight is 314 g/mol. The predicted octanol–water partition coefficient (Wildman–Crippen LogP) is 2.78. The van der Waals surface area contributed by atoms with Gasteiger partial charge in [0.2, 0.25) is 0 Å². The number of piperazine rings is 1. The highest BCUT2D eigenvalue weighted by molar-refractivity contribution is 7.13. The lowest BCUT2D eigenvalue weighted by Crippen LogP contribution is -2.42. The molecule has 2 heterocycles. The Bertz CT molecular complexity index is 538. The van der Waals surface area contributed by atoms with Gasteiger partial charge in [0.05, 0.1) is 5.69 Å². The molecule has 0 amide bonds. The maximum atomic E-state index is 12.9. The van der Waals surface area contributed by atoms with Gasteiger partial charge < -0.3 is 5.32 Å². The Balaban J connectivity index is 0.00000147. The normalized spacial score (nSPS) is 15.8. The molecule has 1 aromatic carbocycles. The van der Waals surface area contributed by atoms with E-state index in [0.29, 0.717) is 0 Å². The quantitative estimate of drug-likeness (QED) is 0.944. The fourth-order valence-electron chi connectivity index (χ4n) is 2.20. The molecule has 1 fully saturated rings. The van der Waals surface area contributed by atoms with Gasteiger partial charge in [0, 0.05) is 43.7 Å². The zero-order valence-corrected chi connectivity index (χ0v) is 12.6. The molecule has 108 valence electrons. The van der Waals surface area contributed by atoms with E-state index in [1.54, 1.807) is 23.5 Å². The Hall–Kier alpha value is -1.01. The lowest BCUT2D eigenvalue weighted by atomic mass is 10.2. The average Bonchev–Trinajstić information content (AvgIpc) is 2.89. The standard InChI is InChI=1S/C14H16FN3S.ClH/c15-12-3-1-11(2-4-12)14-17-13(10-19-14)9-18-7-5-16-6-8-18;/h1-4,10,16H,5-9H2;1H. The van der Waals surface area contributed by atoms with E-state index in [9.17, 15) is 4.39 Å². The highest BCUT2D eigenvalue weighted by atomic mass is 35.5. The van der Waals surface area contributed by atoms with Crippen LogP contribution in [0, 0.1) is 5.82 Å². The maximum absolute atomic E-state index is 12.9. The van der Waals surface area contributed by atoms with Gasteiger partial charge in [0.1, 0.15) is 10.8 Å². The summed E-state index contributed by atoms with van der Waals surface area (Å²) in [6.07, 6.45) is 0. The largest absolute Gasteiger partial charge is 0.314 e. The predicted molar refractivity (Wildman–Crippen MR) is 82.9 cm³/mol. The molecule has 1 aromatic heterocycles. The number of nitrogens with zero attached hydrogens (tertiary/aromatic N) is 2.